The van der Waals surface area contributed by atoms with E-state index in [1.807, 2.05) is 0 Å². The van der Waals surface area contributed by atoms with Crippen LogP contribution in [0.3, 0.4) is 0 Å². The molecule has 4 unspecified atom stereocenters. The van der Waals surface area contributed by atoms with Crippen molar-refractivity contribution >= 4 is 0 Å². The van der Waals surface area contributed by atoms with Gasteiger partial charge >= 0.3 is 0 Å². The minimum Gasteiger partial charge on any atom is -0.310 e. The van der Waals surface area contributed by atoms with Crippen molar-refractivity contribution < 1.29 is 0 Å². The highest BCUT2D eigenvalue weighted by atomic mass is 15.2. The predicted octanol–water partition coefficient (Wildman–Crippen LogP) is 3.42. The Bertz CT molecular complexity index is 289. The lowest BCUT2D eigenvalue weighted by Crippen LogP contribution is -2.46. The summed E-state index contributed by atoms with van der Waals surface area (Å²) in [7, 11) is 0. The van der Waals surface area contributed by atoms with Gasteiger partial charge in [0.2, 0.25) is 0 Å². The topological polar surface area (TPSA) is 15.3 Å². The van der Waals surface area contributed by atoms with Crippen LogP contribution in [0.1, 0.15) is 65.2 Å². The summed E-state index contributed by atoms with van der Waals surface area (Å²) in [6.07, 6.45) is 11.5. The summed E-state index contributed by atoms with van der Waals surface area (Å²) in [5, 5.41) is 4.05. The molecule has 1 N–H and O–H groups in total. The van der Waals surface area contributed by atoms with E-state index >= 15 is 0 Å². The Labute approximate surface area is 119 Å². The summed E-state index contributed by atoms with van der Waals surface area (Å²) in [4.78, 5) is 2.73. The van der Waals surface area contributed by atoms with Crippen molar-refractivity contribution in [1.29, 1.82) is 0 Å². The molecule has 3 fully saturated rings. The van der Waals surface area contributed by atoms with Crippen LogP contribution in [0.5, 0.6) is 0 Å². The first-order valence-corrected chi connectivity index (χ1v) is 8.72. The molecule has 19 heavy (non-hydrogen) atoms. The molecule has 0 spiro atoms. The van der Waals surface area contributed by atoms with Gasteiger partial charge in [0.1, 0.15) is 0 Å². The molecule has 3 aliphatic rings. The summed E-state index contributed by atoms with van der Waals surface area (Å²) >= 11 is 0. The highest BCUT2D eigenvalue weighted by Crippen LogP contribution is 2.32. The van der Waals surface area contributed by atoms with Crippen molar-refractivity contribution in [1.82, 2.24) is 10.2 Å². The number of nitrogens with zero attached hydrogens (tertiary/aromatic N) is 1. The Morgan fingerprint density at radius 3 is 2.79 bits per heavy atom. The highest BCUT2D eigenvalue weighted by molar-refractivity contribution is 4.97. The van der Waals surface area contributed by atoms with Crippen molar-refractivity contribution in [2.75, 3.05) is 13.1 Å². The molecule has 1 aliphatic carbocycles. The van der Waals surface area contributed by atoms with E-state index < -0.39 is 0 Å². The first-order chi connectivity index (χ1) is 9.22. The van der Waals surface area contributed by atoms with Gasteiger partial charge in [-0.15, -0.1) is 0 Å². The van der Waals surface area contributed by atoms with E-state index in [0.717, 1.165) is 30.0 Å². The Hall–Kier alpha value is -0.0800. The number of hydrogen-bond donors (Lipinski definition) is 1. The van der Waals surface area contributed by atoms with E-state index in [1.165, 1.54) is 64.5 Å². The molecular formula is C17H32N2. The Balaban J connectivity index is 1.49. The largest absolute Gasteiger partial charge is 0.310 e. The first-order valence-electron chi connectivity index (χ1n) is 8.72. The van der Waals surface area contributed by atoms with Crippen LogP contribution in [0.4, 0.5) is 0 Å². The third-order valence-electron chi connectivity index (χ3n) is 5.64. The lowest BCUT2D eigenvalue weighted by Gasteiger charge is -2.34. The second-order valence-corrected chi connectivity index (χ2v) is 7.67. The quantitative estimate of drug-likeness (QED) is 0.837. The van der Waals surface area contributed by atoms with Gasteiger partial charge in [-0.2, -0.15) is 0 Å². The van der Waals surface area contributed by atoms with E-state index in [0.29, 0.717) is 0 Å². The maximum Gasteiger partial charge on any atom is 0.0250 e. The molecule has 2 saturated heterocycles. The molecule has 2 heterocycles. The van der Waals surface area contributed by atoms with E-state index in [4.69, 9.17) is 0 Å². The van der Waals surface area contributed by atoms with Gasteiger partial charge in [-0.1, -0.05) is 26.7 Å². The zero-order chi connectivity index (χ0) is 13.2. The second kappa shape index (κ2) is 6.13. The van der Waals surface area contributed by atoms with Crippen molar-refractivity contribution in [3.63, 3.8) is 0 Å². The molecular weight excluding hydrogens is 232 g/mol. The Kier molecular flexibility index (Phi) is 4.48. The van der Waals surface area contributed by atoms with Crippen LogP contribution in [0.2, 0.25) is 0 Å². The van der Waals surface area contributed by atoms with Gasteiger partial charge in [-0.05, 0) is 56.9 Å². The van der Waals surface area contributed by atoms with Gasteiger partial charge in [-0.3, -0.25) is 4.90 Å². The normalized spacial score (nSPS) is 39.9. The molecule has 0 aromatic rings. The molecule has 0 bridgehead atoms. The van der Waals surface area contributed by atoms with Gasteiger partial charge in [0, 0.05) is 24.7 Å². The molecule has 0 aromatic carbocycles. The molecule has 4 atom stereocenters. The standard InChI is InChI=1S/C17H32N2/c1-13(2)11-14-5-3-6-15(12-14)18-16-8-10-19-9-4-7-17(16)19/h13-18H,3-12H2,1-2H3. The molecule has 3 rings (SSSR count). The lowest BCUT2D eigenvalue weighted by atomic mass is 9.80. The zero-order valence-electron chi connectivity index (χ0n) is 12.9. The summed E-state index contributed by atoms with van der Waals surface area (Å²) in [6.45, 7) is 7.47. The lowest BCUT2D eigenvalue weighted by molar-refractivity contribution is 0.223. The molecule has 2 aliphatic heterocycles. The van der Waals surface area contributed by atoms with Crippen LogP contribution < -0.4 is 5.32 Å². The van der Waals surface area contributed by atoms with Gasteiger partial charge in [0.15, 0.2) is 0 Å². The Morgan fingerprint density at radius 2 is 1.95 bits per heavy atom. The van der Waals surface area contributed by atoms with Crippen molar-refractivity contribution in [3.8, 4) is 0 Å². The van der Waals surface area contributed by atoms with Gasteiger partial charge < -0.3 is 5.32 Å². The van der Waals surface area contributed by atoms with Crippen LogP contribution in [-0.4, -0.2) is 36.1 Å². The van der Waals surface area contributed by atoms with E-state index in [-0.39, 0.29) is 0 Å². The zero-order valence-corrected chi connectivity index (χ0v) is 12.9. The monoisotopic (exact) mass is 264 g/mol. The van der Waals surface area contributed by atoms with E-state index in [2.05, 4.69) is 24.1 Å². The van der Waals surface area contributed by atoms with Crippen LogP contribution in [-0.2, 0) is 0 Å². The van der Waals surface area contributed by atoms with Gasteiger partial charge in [0.05, 0.1) is 0 Å². The highest BCUT2D eigenvalue weighted by Gasteiger charge is 2.38. The summed E-state index contributed by atoms with van der Waals surface area (Å²) in [5.41, 5.74) is 0. The fraction of sp³-hybridized carbons (Fsp3) is 1.00. The minimum atomic E-state index is 0.810. The van der Waals surface area contributed by atoms with Crippen molar-refractivity contribution in [2.24, 2.45) is 11.8 Å². The third kappa shape index (κ3) is 3.33. The number of fused-ring (bicyclic) bond motifs is 1. The summed E-state index contributed by atoms with van der Waals surface area (Å²) in [5.74, 6) is 1.87. The number of nitrogens with one attached hydrogen (secondary N) is 1. The Morgan fingerprint density at radius 1 is 1.05 bits per heavy atom. The maximum atomic E-state index is 4.05. The average molecular weight is 264 g/mol. The average Bonchev–Trinajstić information content (AvgIpc) is 2.94. The summed E-state index contributed by atoms with van der Waals surface area (Å²) < 4.78 is 0. The van der Waals surface area contributed by atoms with Crippen LogP contribution >= 0.6 is 0 Å². The summed E-state index contributed by atoms with van der Waals surface area (Å²) in [6, 6.07) is 2.51. The van der Waals surface area contributed by atoms with Crippen LogP contribution in [0.15, 0.2) is 0 Å². The van der Waals surface area contributed by atoms with E-state index in [1.54, 1.807) is 0 Å². The van der Waals surface area contributed by atoms with Crippen LogP contribution in [0.25, 0.3) is 0 Å². The third-order valence-corrected chi connectivity index (χ3v) is 5.64. The van der Waals surface area contributed by atoms with Gasteiger partial charge in [-0.25, -0.2) is 0 Å². The predicted molar refractivity (Wildman–Crippen MR) is 81.3 cm³/mol. The fourth-order valence-corrected chi connectivity index (χ4v) is 4.90. The number of hydrogen-bond acceptors (Lipinski definition) is 2. The first kappa shape index (κ1) is 13.9. The fourth-order valence-electron chi connectivity index (χ4n) is 4.90. The van der Waals surface area contributed by atoms with E-state index in [9.17, 15) is 0 Å². The molecule has 0 radical (unpaired) electrons. The van der Waals surface area contributed by atoms with Crippen LogP contribution in [0, 0.1) is 11.8 Å². The molecule has 1 saturated carbocycles. The molecule has 110 valence electrons. The molecule has 2 nitrogen and oxygen atoms in total. The number of rotatable bonds is 4. The van der Waals surface area contributed by atoms with Crippen molar-refractivity contribution in [3.05, 3.63) is 0 Å². The molecule has 0 amide bonds. The molecule has 2 heteroatoms. The smallest absolute Gasteiger partial charge is 0.0250 e. The minimum absolute atomic E-state index is 0.810. The SMILES string of the molecule is CC(C)CC1CCCC(NC2CCN3CCCC23)C1. The van der Waals surface area contributed by atoms with Crippen molar-refractivity contribution in [2.45, 2.75) is 83.3 Å². The second-order valence-electron chi connectivity index (χ2n) is 7.67. The maximum absolute atomic E-state index is 4.05. The van der Waals surface area contributed by atoms with Gasteiger partial charge in [0.25, 0.3) is 0 Å². The molecule has 0 aromatic heterocycles.